The highest BCUT2D eigenvalue weighted by atomic mass is 16.5. The molecule has 0 atom stereocenters. The summed E-state index contributed by atoms with van der Waals surface area (Å²) in [6.45, 7) is 5.57. The fourth-order valence-corrected chi connectivity index (χ4v) is 1.92. The van der Waals surface area contributed by atoms with E-state index in [2.05, 4.69) is 31.3 Å². The molecule has 0 heterocycles. The first kappa shape index (κ1) is 14.3. The lowest BCUT2D eigenvalue weighted by atomic mass is 10.2. The molecule has 0 fully saturated rings. The van der Waals surface area contributed by atoms with Crippen molar-refractivity contribution in [3.8, 4) is 11.5 Å². The maximum absolute atomic E-state index is 9.27. The largest absolute Gasteiger partial charge is 0.508 e. The molecule has 2 N–H and O–H groups in total. The van der Waals surface area contributed by atoms with Gasteiger partial charge in [-0.15, -0.1) is 0 Å². The van der Waals surface area contributed by atoms with Crippen LogP contribution in [-0.2, 0) is 6.54 Å². The van der Waals surface area contributed by atoms with Gasteiger partial charge in [0.25, 0.3) is 0 Å². The van der Waals surface area contributed by atoms with E-state index in [1.807, 2.05) is 18.2 Å². The second kappa shape index (κ2) is 6.85. The van der Waals surface area contributed by atoms with E-state index in [4.69, 9.17) is 4.74 Å². The number of anilines is 1. The summed E-state index contributed by atoms with van der Waals surface area (Å²) >= 11 is 0. The highest BCUT2D eigenvalue weighted by molar-refractivity contribution is 5.58. The van der Waals surface area contributed by atoms with Gasteiger partial charge in [0, 0.05) is 6.54 Å². The summed E-state index contributed by atoms with van der Waals surface area (Å²) in [5.74, 6) is 1.18. The van der Waals surface area contributed by atoms with E-state index in [1.165, 1.54) is 5.56 Å². The van der Waals surface area contributed by atoms with Gasteiger partial charge < -0.3 is 15.2 Å². The molecule has 0 spiro atoms. The molecule has 2 aromatic rings. The van der Waals surface area contributed by atoms with Crippen LogP contribution in [0.25, 0.3) is 0 Å². The van der Waals surface area contributed by atoms with E-state index in [-0.39, 0.29) is 5.75 Å². The van der Waals surface area contributed by atoms with Crippen LogP contribution in [0.4, 0.5) is 5.69 Å². The third-order valence-corrected chi connectivity index (χ3v) is 3.02. The van der Waals surface area contributed by atoms with Crippen LogP contribution in [0.2, 0.25) is 0 Å². The summed E-state index contributed by atoms with van der Waals surface area (Å²) < 4.78 is 5.77. The van der Waals surface area contributed by atoms with Gasteiger partial charge in [-0.25, -0.2) is 0 Å². The van der Waals surface area contributed by atoms with Gasteiger partial charge in [-0.1, -0.05) is 25.1 Å². The van der Waals surface area contributed by atoms with Crippen LogP contribution in [0.1, 0.15) is 24.5 Å². The van der Waals surface area contributed by atoms with Crippen LogP contribution >= 0.6 is 0 Å². The second-order valence-electron chi connectivity index (χ2n) is 4.87. The van der Waals surface area contributed by atoms with Crippen molar-refractivity contribution >= 4 is 5.69 Å². The number of phenolic OH excluding ortho intramolecular Hbond substituents is 1. The van der Waals surface area contributed by atoms with E-state index < -0.39 is 0 Å². The van der Waals surface area contributed by atoms with Crippen molar-refractivity contribution in [2.75, 3.05) is 11.9 Å². The highest BCUT2D eigenvalue weighted by Crippen LogP contribution is 2.26. The Morgan fingerprint density at radius 1 is 1.10 bits per heavy atom. The molecule has 3 heteroatoms. The maximum atomic E-state index is 9.27. The Morgan fingerprint density at radius 2 is 1.85 bits per heavy atom. The third kappa shape index (κ3) is 3.92. The summed E-state index contributed by atoms with van der Waals surface area (Å²) in [7, 11) is 0. The predicted molar refractivity (Wildman–Crippen MR) is 82.4 cm³/mol. The molecule has 0 saturated carbocycles. The van der Waals surface area contributed by atoms with Gasteiger partial charge in [-0.2, -0.15) is 0 Å². The van der Waals surface area contributed by atoms with Crippen LogP contribution in [0, 0.1) is 6.92 Å². The first-order valence-corrected chi connectivity index (χ1v) is 6.94. The van der Waals surface area contributed by atoms with Crippen molar-refractivity contribution in [3.05, 3.63) is 53.6 Å². The Balaban J connectivity index is 2.06. The minimum Gasteiger partial charge on any atom is -0.508 e. The summed E-state index contributed by atoms with van der Waals surface area (Å²) in [6.07, 6.45) is 0.991. The number of benzene rings is 2. The zero-order valence-corrected chi connectivity index (χ0v) is 12.0. The minimum absolute atomic E-state index is 0.288. The lowest BCUT2D eigenvalue weighted by Gasteiger charge is -2.14. The smallest absolute Gasteiger partial charge is 0.142 e. The number of phenols is 1. The van der Waals surface area contributed by atoms with Gasteiger partial charge in [0.15, 0.2) is 0 Å². The monoisotopic (exact) mass is 271 g/mol. The number of aromatic hydroxyl groups is 1. The van der Waals surface area contributed by atoms with E-state index >= 15 is 0 Å². The van der Waals surface area contributed by atoms with E-state index in [0.29, 0.717) is 6.54 Å². The van der Waals surface area contributed by atoms with Crippen LogP contribution in [0.15, 0.2) is 42.5 Å². The molecule has 3 nitrogen and oxygen atoms in total. The van der Waals surface area contributed by atoms with Crippen LogP contribution in [-0.4, -0.2) is 11.7 Å². The normalized spacial score (nSPS) is 10.3. The van der Waals surface area contributed by atoms with Gasteiger partial charge in [-0.3, -0.25) is 0 Å². The third-order valence-electron chi connectivity index (χ3n) is 3.02. The number of nitrogens with one attached hydrogen (secondary N) is 1. The molecule has 0 saturated heterocycles. The molecule has 2 aromatic carbocycles. The molecule has 0 unspecified atom stereocenters. The van der Waals surface area contributed by atoms with E-state index in [0.717, 1.165) is 30.0 Å². The summed E-state index contributed by atoms with van der Waals surface area (Å²) in [5, 5.41) is 12.7. The van der Waals surface area contributed by atoms with E-state index in [1.54, 1.807) is 12.1 Å². The fourth-order valence-electron chi connectivity index (χ4n) is 1.92. The molecule has 20 heavy (non-hydrogen) atoms. The van der Waals surface area contributed by atoms with Crippen molar-refractivity contribution in [1.82, 2.24) is 0 Å². The first-order chi connectivity index (χ1) is 9.69. The number of rotatable bonds is 6. The quantitative estimate of drug-likeness (QED) is 0.831. The molecule has 0 aliphatic carbocycles. The van der Waals surface area contributed by atoms with Crippen LogP contribution in [0.3, 0.4) is 0 Å². The van der Waals surface area contributed by atoms with Crippen molar-refractivity contribution in [3.63, 3.8) is 0 Å². The molecule has 0 amide bonds. The van der Waals surface area contributed by atoms with Crippen molar-refractivity contribution in [1.29, 1.82) is 0 Å². The molecule has 0 aromatic heterocycles. The average molecular weight is 271 g/mol. The number of hydrogen-bond acceptors (Lipinski definition) is 3. The molecular formula is C17H21NO2. The predicted octanol–water partition coefficient (Wildman–Crippen LogP) is 4.10. The number of ether oxygens (including phenoxy) is 1. The average Bonchev–Trinajstić information content (AvgIpc) is 2.46. The van der Waals surface area contributed by atoms with Crippen LogP contribution in [0.5, 0.6) is 11.5 Å². The number of hydrogen-bond donors (Lipinski definition) is 2. The lowest BCUT2D eigenvalue weighted by molar-refractivity contribution is 0.318. The Labute approximate surface area is 120 Å². The van der Waals surface area contributed by atoms with Crippen LogP contribution < -0.4 is 10.1 Å². The highest BCUT2D eigenvalue weighted by Gasteiger charge is 2.04. The Bertz CT molecular complexity index is 549. The first-order valence-electron chi connectivity index (χ1n) is 6.94. The summed E-state index contributed by atoms with van der Waals surface area (Å²) in [5.41, 5.74) is 3.30. The van der Waals surface area contributed by atoms with Crippen molar-refractivity contribution in [2.45, 2.75) is 26.8 Å². The lowest BCUT2D eigenvalue weighted by Crippen LogP contribution is -2.03. The zero-order chi connectivity index (χ0) is 14.4. The Kier molecular flexibility index (Phi) is 4.88. The van der Waals surface area contributed by atoms with Gasteiger partial charge in [-0.05, 0) is 48.7 Å². The van der Waals surface area contributed by atoms with Crippen molar-refractivity contribution < 1.29 is 9.84 Å². The fraction of sp³-hybridized carbons (Fsp3) is 0.294. The Hall–Kier alpha value is -2.16. The maximum Gasteiger partial charge on any atom is 0.142 e. The SMILES string of the molecule is CCCOc1cc(C)ccc1NCc1ccc(O)cc1. The molecule has 0 aliphatic rings. The Morgan fingerprint density at radius 3 is 2.55 bits per heavy atom. The second-order valence-corrected chi connectivity index (χ2v) is 4.87. The zero-order valence-electron chi connectivity index (χ0n) is 12.0. The summed E-state index contributed by atoms with van der Waals surface area (Å²) in [4.78, 5) is 0. The number of aryl methyl sites for hydroxylation is 1. The van der Waals surface area contributed by atoms with Gasteiger partial charge >= 0.3 is 0 Å². The van der Waals surface area contributed by atoms with Gasteiger partial charge in [0.2, 0.25) is 0 Å². The topological polar surface area (TPSA) is 41.5 Å². The standard InChI is InChI=1S/C17H21NO2/c1-3-10-20-17-11-13(2)4-9-16(17)18-12-14-5-7-15(19)8-6-14/h4-9,11,18-19H,3,10,12H2,1-2H3. The summed E-state index contributed by atoms with van der Waals surface area (Å²) in [6, 6.07) is 13.4. The van der Waals surface area contributed by atoms with Crippen molar-refractivity contribution in [2.24, 2.45) is 0 Å². The molecular weight excluding hydrogens is 250 g/mol. The molecule has 0 aliphatic heterocycles. The molecule has 0 radical (unpaired) electrons. The van der Waals surface area contributed by atoms with E-state index in [9.17, 15) is 5.11 Å². The molecule has 0 bridgehead atoms. The molecule has 106 valence electrons. The molecule has 2 rings (SSSR count). The minimum atomic E-state index is 0.288. The van der Waals surface area contributed by atoms with Gasteiger partial charge in [0.1, 0.15) is 11.5 Å². The van der Waals surface area contributed by atoms with Gasteiger partial charge in [0.05, 0.1) is 12.3 Å².